The third-order valence-electron chi connectivity index (χ3n) is 3.12. The number of nitrogens with one attached hydrogen (secondary N) is 1. The van der Waals surface area contributed by atoms with Crippen molar-refractivity contribution < 1.29 is 9.47 Å². The Morgan fingerprint density at radius 3 is 2.26 bits per heavy atom. The molecule has 23 heavy (non-hydrogen) atoms. The number of halogens is 3. The molecular weight excluding hydrogens is 359 g/mol. The van der Waals surface area contributed by atoms with E-state index in [0.29, 0.717) is 33.1 Å². The van der Waals surface area contributed by atoms with Crippen LogP contribution in [0.1, 0.15) is 11.1 Å². The van der Waals surface area contributed by atoms with Gasteiger partial charge in [0.05, 0.1) is 32.0 Å². The van der Waals surface area contributed by atoms with E-state index >= 15 is 0 Å². The van der Waals surface area contributed by atoms with Crippen molar-refractivity contribution in [3.05, 3.63) is 56.5 Å². The van der Waals surface area contributed by atoms with Crippen molar-refractivity contribution in [2.45, 2.75) is 6.54 Å². The molecule has 2 aromatic carbocycles. The van der Waals surface area contributed by atoms with Gasteiger partial charge in [-0.05, 0) is 18.2 Å². The Bertz CT molecular complexity index is 700. The minimum atomic E-state index is 0.404. The molecule has 1 N–H and O–H groups in total. The lowest BCUT2D eigenvalue weighted by Crippen LogP contribution is -2.07. The fourth-order valence-corrected chi connectivity index (χ4v) is 2.71. The standard InChI is InChI=1S/C16H15Cl3N2O2/c1-22-15-7-16(23-2)14(19)6-10(15)8-20-21-9-11-12(17)4-3-5-13(11)18/h3-8,21H,9H2,1-2H3/b20-8-. The van der Waals surface area contributed by atoms with Gasteiger partial charge in [-0.2, -0.15) is 5.10 Å². The molecule has 0 fully saturated rings. The molecule has 0 saturated carbocycles. The van der Waals surface area contributed by atoms with Crippen molar-refractivity contribution in [2.75, 3.05) is 14.2 Å². The molecule has 0 bridgehead atoms. The van der Waals surface area contributed by atoms with Crippen LogP contribution in [0.4, 0.5) is 0 Å². The number of hydrogen-bond donors (Lipinski definition) is 1. The highest BCUT2D eigenvalue weighted by atomic mass is 35.5. The summed E-state index contributed by atoms with van der Waals surface area (Å²) in [7, 11) is 3.11. The fraction of sp³-hybridized carbons (Fsp3) is 0.188. The fourth-order valence-electron chi connectivity index (χ4n) is 1.93. The molecule has 0 aliphatic heterocycles. The maximum atomic E-state index is 6.11. The number of rotatable bonds is 6. The first-order chi connectivity index (χ1) is 11.1. The van der Waals surface area contributed by atoms with Crippen molar-refractivity contribution in [1.29, 1.82) is 0 Å². The van der Waals surface area contributed by atoms with Gasteiger partial charge in [0, 0.05) is 27.2 Å². The summed E-state index contributed by atoms with van der Waals surface area (Å²) in [6.45, 7) is 0.404. The van der Waals surface area contributed by atoms with Crippen LogP contribution >= 0.6 is 34.8 Å². The molecule has 0 aliphatic carbocycles. The first kappa shape index (κ1) is 17.7. The van der Waals surface area contributed by atoms with E-state index in [1.807, 2.05) is 0 Å². The summed E-state index contributed by atoms with van der Waals surface area (Å²) in [5, 5.41) is 5.80. The summed E-state index contributed by atoms with van der Waals surface area (Å²) in [5.74, 6) is 1.14. The van der Waals surface area contributed by atoms with E-state index in [9.17, 15) is 0 Å². The second-order valence-corrected chi connectivity index (χ2v) is 5.74. The molecule has 0 amide bonds. The summed E-state index contributed by atoms with van der Waals surface area (Å²) >= 11 is 18.3. The Balaban J connectivity index is 2.10. The monoisotopic (exact) mass is 372 g/mol. The average molecular weight is 374 g/mol. The van der Waals surface area contributed by atoms with Gasteiger partial charge in [-0.15, -0.1) is 0 Å². The summed E-state index contributed by atoms with van der Waals surface area (Å²) in [6, 6.07) is 8.77. The second kappa shape index (κ2) is 8.29. The van der Waals surface area contributed by atoms with E-state index in [-0.39, 0.29) is 0 Å². The van der Waals surface area contributed by atoms with E-state index < -0.39 is 0 Å². The van der Waals surface area contributed by atoms with Crippen LogP contribution in [0, 0.1) is 0 Å². The van der Waals surface area contributed by atoms with E-state index in [1.165, 1.54) is 0 Å². The van der Waals surface area contributed by atoms with E-state index in [4.69, 9.17) is 44.3 Å². The van der Waals surface area contributed by atoms with Gasteiger partial charge in [0.15, 0.2) is 0 Å². The maximum Gasteiger partial charge on any atom is 0.141 e. The second-order valence-electron chi connectivity index (χ2n) is 4.52. The molecule has 2 rings (SSSR count). The third-order valence-corrected chi connectivity index (χ3v) is 4.12. The Kier molecular flexibility index (Phi) is 6.39. The minimum Gasteiger partial charge on any atom is -0.496 e. The van der Waals surface area contributed by atoms with Crippen LogP contribution in [-0.4, -0.2) is 20.4 Å². The highest BCUT2D eigenvalue weighted by molar-refractivity contribution is 6.36. The maximum absolute atomic E-state index is 6.11. The highest BCUT2D eigenvalue weighted by Crippen LogP contribution is 2.31. The van der Waals surface area contributed by atoms with Gasteiger partial charge in [0.25, 0.3) is 0 Å². The molecule has 0 aliphatic rings. The number of methoxy groups -OCH3 is 2. The molecule has 0 spiro atoms. The third kappa shape index (κ3) is 4.44. The van der Waals surface area contributed by atoms with Crippen LogP contribution in [0.5, 0.6) is 11.5 Å². The predicted molar refractivity (Wildman–Crippen MR) is 95.5 cm³/mol. The lowest BCUT2D eigenvalue weighted by molar-refractivity contribution is 0.394. The summed E-state index contributed by atoms with van der Waals surface area (Å²) in [5.41, 5.74) is 4.41. The molecule has 0 radical (unpaired) electrons. The zero-order valence-corrected chi connectivity index (χ0v) is 14.8. The molecule has 0 atom stereocenters. The number of ether oxygens (including phenoxy) is 2. The molecule has 0 saturated heterocycles. The van der Waals surface area contributed by atoms with Crippen molar-refractivity contribution in [1.82, 2.24) is 5.43 Å². The Morgan fingerprint density at radius 1 is 1.00 bits per heavy atom. The van der Waals surface area contributed by atoms with Gasteiger partial charge in [0.1, 0.15) is 11.5 Å². The predicted octanol–water partition coefficient (Wildman–Crippen LogP) is 4.79. The van der Waals surface area contributed by atoms with E-state index in [2.05, 4.69) is 10.5 Å². The highest BCUT2D eigenvalue weighted by Gasteiger charge is 2.08. The SMILES string of the molecule is COc1cc(OC)c(/C=N\NCc2c(Cl)cccc2Cl)cc1Cl. The summed E-state index contributed by atoms with van der Waals surface area (Å²) in [4.78, 5) is 0. The van der Waals surface area contributed by atoms with Crippen molar-refractivity contribution in [2.24, 2.45) is 5.10 Å². The topological polar surface area (TPSA) is 42.9 Å². The molecule has 122 valence electrons. The quantitative estimate of drug-likeness (QED) is 0.585. The van der Waals surface area contributed by atoms with Crippen LogP contribution < -0.4 is 14.9 Å². The van der Waals surface area contributed by atoms with Gasteiger partial charge in [-0.3, -0.25) is 0 Å². The van der Waals surface area contributed by atoms with E-state index in [0.717, 1.165) is 11.1 Å². The molecule has 2 aromatic rings. The summed E-state index contributed by atoms with van der Waals surface area (Å²) < 4.78 is 10.4. The molecule has 0 aromatic heterocycles. The van der Waals surface area contributed by atoms with Crippen LogP contribution in [0.25, 0.3) is 0 Å². The van der Waals surface area contributed by atoms with Crippen molar-refractivity contribution in [3.8, 4) is 11.5 Å². The molecule has 7 heteroatoms. The van der Waals surface area contributed by atoms with Crippen molar-refractivity contribution in [3.63, 3.8) is 0 Å². The van der Waals surface area contributed by atoms with Gasteiger partial charge in [-0.25, -0.2) is 0 Å². The summed E-state index contributed by atoms with van der Waals surface area (Å²) in [6.07, 6.45) is 1.61. The van der Waals surface area contributed by atoms with Gasteiger partial charge >= 0.3 is 0 Å². The van der Waals surface area contributed by atoms with Gasteiger partial charge < -0.3 is 14.9 Å². The van der Waals surface area contributed by atoms with Gasteiger partial charge in [-0.1, -0.05) is 40.9 Å². The lowest BCUT2D eigenvalue weighted by Gasteiger charge is -2.09. The van der Waals surface area contributed by atoms with Crippen molar-refractivity contribution >= 4 is 41.0 Å². The minimum absolute atomic E-state index is 0.404. The Morgan fingerprint density at radius 2 is 1.65 bits per heavy atom. The number of nitrogens with zero attached hydrogens (tertiary/aromatic N) is 1. The zero-order chi connectivity index (χ0) is 16.8. The Hall–Kier alpha value is -1.62. The number of hydrogen-bond acceptors (Lipinski definition) is 4. The molecule has 4 nitrogen and oxygen atoms in total. The van der Waals surface area contributed by atoms with Crippen LogP contribution in [-0.2, 0) is 6.54 Å². The molecule has 0 unspecified atom stereocenters. The van der Waals surface area contributed by atoms with Crippen LogP contribution in [0.15, 0.2) is 35.4 Å². The first-order valence-corrected chi connectivity index (χ1v) is 7.80. The van der Waals surface area contributed by atoms with Crippen LogP contribution in [0.3, 0.4) is 0 Å². The normalized spacial score (nSPS) is 10.8. The van der Waals surface area contributed by atoms with Gasteiger partial charge in [0.2, 0.25) is 0 Å². The molecular formula is C16H15Cl3N2O2. The lowest BCUT2D eigenvalue weighted by atomic mass is 10.2. The largest absolute Gasteiger partial charge is 0.496 e. The smallest absolute Gasteiger partial charge is 0.141 e. The van der Waals surface area contributed by atoms with Crippen LogP contribution in [0.2, 0.25) is 15.1 Å². The Labute approximate surface area is 150 Å². The van der Waals surface area contributed by atoms with E-state index in [1.54, 1.807) is 50.8 Å². The first-order valence-electron chi connectivity index (χ1n) is 6.67. The zero-order valence-electron chi connectivity index (χ0n) is 12.6. The molecule has 0 heterocycles. The number of hydrazone groups is 1. The average Bonchev–Trinajstić information content (AvgIpc) is 2.54. The number of benzene rings is 2.